The lowest BCUT2D eigenvalue weighted by atomic mass is 9.90. The molecule has 0 radical (unpaired) electrons. The van der Waals surface area contributed by atoms with Crippen molar-refractivity contribution >= 4 is 11.9 Å². The number of rotatable bonds is 9. The van der Waals surface area contributed by atoms with E-state index in [1.54, 1.807) is 27.7 Å². The van der Waals surface area contributed by atoms with Crippen LogP contribution >= 0.6 is 0 Å². The fraction of sp³-hybridized carbons (Fsp3) is 0.625. The third-order valence-corrected chi connectivity index (χ3v) is 2.93. The minimum atomic E-state index is -1.05. The van der Waals surface area contributed by atoms with Crippen molar-refractivity contribution in [3.63, 3.8) is 0 Å². The predicted octanol–water partition coefficient (Wildman–Crippen LogP) is 3.58. The van der Waals surface area contributed by atoms with Gasteiger partial charge >= 0.3 is 11.9 Å². The molecule has 0 saturated carbocycles. The second-order valence-corrected chi connectivity index (χ2v) is 5.36. The Morgan fingerprint density at radius 1 is 1.10 bits per heavy atom. The number of aliphatic carboxylic acids is 1. The van der Waals surface area contributed by atoms with Gasteiger partial charge in [0, 0.05) is 0 Å². The third kappa shape index (κ3) is 6.04. The molecule has 0 saturated heterocycles. The Morgan fingerprint density at radius 2 is 1.65 bits per heavy atom. The van der Waals surface area contributed by atoms with Crippen molar-refractivity contribution in [1.82, 2.24) is 0 Å². The molecule has 0 spiro atoms. The van der Waals surface area contributed by atoms with Crippen molar-refractivity contribution in [2.24, 2.45) is 11.8 Å². The molecular formula is C16H26O4. The maximum atomic E-state index is 12.1. The van der Waals surface area contributed by atoms with Crippen molar-refractivity contribution in [2.45, 2.75) is 47.0 Å². The van der Waals surface area contributed by atoms with E-state index in [0.29, 0.717) is 6.61 Å². The van der Waals surface area contributed by atoms with Gasteiger partial charge in [0.25, 0.3) is 0 Å². The van der Waals surface area contributed by atoms with Crippen LogP contribution in [0.15, 0.2) is 23.8 Å². The van der Waals surface area contributed by atoms with Crippen molar-refractivity contribution in [3.8, 4) is 0 Å². The van der Waals surface area contributed by atoms with E-state index in [9.17, 15) is 14.7 Å². The molecule has 4 nitrogen and oxygen atoms in total. The molecule has 0 amide bonds. The molecule has 0 fully saturated rings. The van der Waals surface area contributed by atoms with Crippen molar-refractivity contribution in [3.05, 3.63) is 23.8 Å². The first-order chi connectivity index (χ1) is 9.32. The van der Waals surface area contributed by atoms with Gasteiger partial charge < -0.3 is 9.84 Å². The zero-order chi connectivity index (χ0) is 15.7. The smallest absolute Gasteiger partial charge is 0.334 e. The maximum Gasteiger partial charge on any atom is 0.334 e. The molecule has 4 heteroatoms. The molecule has 0 bridgehead atoms. The highest BCUT2D eigenvalue weighted by atomic mass is 16.5. The molecule has 0 aromatic carbocycles. The van der Waals surface area contributed by atoms with Crippen LogP contribution in [0.4, 0.5) is 0 Å². The van der Waals surface area contributed by atoms with Crippen molar-refractivity contribution < 1.29 is 19.4 Å². The highest BCUT2D eigenvalue weighted by Gasteiger charge is 2.26. The van der Waals surface area contributed by atoms with E-state index < -0.39 is 11.9 Å². The predicted molar refractivity (Wildman–Crippen MR) is 79.3 cm³/mol. The summed E-state index contributed by atoms with van der Waals surface area (Å²) >= 11 is 0. The summed E-state index contributed by atoms with van der Waals surface area (Å²) in [6.07, 6.45) is 4.38. The van der Waals surface area contributed by atoms with Crippen LogP contribution in [-0.2, 0) is 14.3 Å². The first kappa shape index (κ1) is 18.4. The monoisotopic (exact) mass is 282 g/mol. The summed E-state index contributed by atoms with van der Waals surface area (Å²) in [6, 6.07) is 0. The van der Waals surface area contributed by atoms with Gasteiger partial charge in [0.2, 0.25) is 0 Å². The molecule has 0 aliphatic rings. The average molecular weight is 282 g/mol. The van der Waals surface area contributed by atoms with Gasteiger partial charge in [-0.05, 0) is 31.1 Å². The lowest BCUT2D eigenvalue weighted by Gasteiger charge is -2.17. The Kier molecular flexibility index (Phi) is 8.61. The SMILES string of the molecule is C=CCCCCOC(=O)/C(=C(\C(=O)O)C(C)C)C(C)C. The summed E-state index contributed by atoms with van der Waals surface area (Å²) in [4.78, 5) is 23.4. The standard InChI is InChI=1S/C16H26O4/c1-6-7-8-9-10-20-16(19)14(12(4)5)13(11(2)3)15(17)18/h6,11-12H,1,7-10H2,2-5H3,(H,17,18)/b14-13-. The highest BCUT2D eigenvalue weighted by Crippen LogP contribution is 2.23. The fourth-order valence-electron chi connectivity index (χ4n) is 1.96. The van der Waals surface area contributed by atoms with Crippen LogP contribution in [0.2, 0.25) is 0 Å². The summed E-state index contributed by atoms with van der Waals surface area (Å²) < 4.78 is 5.20. The van der Waals surface area contributed by atoms with E-state index in [0.717, 1.165) is 19.3 Å². The number of carboxylic acids is 1. The number of hydrogen-bond donors (Lipinski definition) is 1. The Balaban J connectivity index is 4.91. The van der Waals surface area contributed by atoms with Crippen LogP contribution in [0.3, 0.4) is 0 Å². The van der Waals surface area contributed by atoms with Crippen molar-refractivity contribution in [1.29, 1.82) is 0 Å². The molecule has 0 heterocycles. The van der Waals surface area contributed by atoms with E-state index in [-0.39, 0.29) is 23.0 Å². The molecule has 20 heavy (non-hydrogen) atoms. The molecule has 0 aliphatic carbocycles. The van der Waals surface area contributed by atoms with E-state index in [1.165, 1.54) is 0 Å². The maximum absolute atomic E-state index is 12.1. The zero-order valence-corrected chi connectivity index (χ0v) is 12.9. The fourth-order valence-corrected chi connectivity index (χ4v) is 1.96. The molecule has 0 aromatic heterocycles. The van der Waals surface area contributed by atoms with Crippen LogP contribution in [0.25, 0.3) is 0 Å². The quantitative estimate of drug-likeness (QED) is 0.304. The molecule has 0 unspecified atom stereocenters. The molecular weight excluding hydrogens is 256 g/mol. The first-order valence-corrected chi connectivity index (χ1v) is 7.08. The number of esters is 1. The third-order valence-electron chi connectivity index (χ3n) is 2.93. The number of ether oxygens (including phenoxy) is 1. The second-order valence-electron chi connectivity index (χ2n) is 5.36. The Hall–Kier alpha value is -1.58. The van der Waals surface area contributed by atoms with Crippen LogP contribution in [0.5, 0.6) is 0 Å². The van der Waals surface area contributed by atoms with E-state index in [1.807, 2.05) is 6.08 Å². The van der Waals surface area contributed by atoms with Crippen LogP contribution in [-0.4, -0.2) is 23.7 Å². The Labute approximate surface area is 121 Å². The van der Waals surface area contributed by atoms with Gasteiger partial charge in [-0.25, -0.2) is 9.59 Å². The second kappa shape index (κ2) is 9.34. The average Bonchev–Trinajstić information content (AvgIpc) is 2.33. The van der Waals surface area contributed by atoms with Gasteiger partial charge in [-0.3, -0.25) is 0 Å². The topological polar surface area (TPSA) is 63.6 Å². The number of carbonyl (C=O) groups excluding carboxylic acids is 1. The minimum absolute atomic E-state index is 0.149. The number of carboxylic acid groups (broad SMARTS) is 1. The van der Waals surface area contributed by atoms with E-state index >= 15 is 0 Å². The first-order valence-electron chi connectivity index (χ1n) is 7.08. The molecule has 0 atom stereocenters. The van der Waals surface area contributed by atoms with Gasteiger partial charge in [0.1, 0.15) is 0 Å². The van der Waals surface area contributed by atoms with Crippen LogP contribution < -0.4 is 0 Å². The van der Waals surface area contributed by atoms with E-state index in [2.05, 4.69) is 6.58 Å². The summed E-state index contributed by atoms with van der Waals surface area (Å²) in [5, 5.41) is 9.28. The molecule has 0 aliphatic heterocycles. The number of unbranched alkanes of at least 4 members (excludes halogenated alkanes) is 2. The van der Waals surface area contributed by atoms with Crippen LogP contribution in [0, 0.1) is 11.8 Å². The highest BCUT2D eigenvalue weighted by molar-refractivity contribution is 6.00. The molecule has 0 rings (SSSR count). The lowest BCUT2D eigenvalue weighted by molar-refractivity contribution is -0.141. The zero-order valence-electron chi connectivity index (χ0n) is 12.9. The Bertz CT molecular complexity index is 378. The van der Waals surface area contributed by atoms with Gasteiger partial charge in [0.05, 0.1) is 17.8 Å². The molecule has 114 valence electrons. The van der Waals surface area contributed by atoms with Crippen LogP contribution in [0.1, 0.15) is 47.0 Å². The normalized spacial score (nSPS) is 12.3. The van der Waals surface area contributed by atoms with Gasteiger partial charge in [-0.1, -0.05) is 33.8 Å². The largest absolute Gasteiger partial charge is 0.478 e. The minimum Gasteiger partial charge on any atom is -0.478 e. The summed E-state index contributed by atoms with van der Waals surface area (Å²) in [7, 11) is 0. The molecule has 0 aromatic rings. The van der Waals surface area contributed by atoms with Gasteiger partial charge in [-0.15, -0.1) is 6.58 Å². The van der Waals surface area contributed by atoms with Gasteiger partial charge in [-0.2, -0.15) is 0 Å². The number of hydrogen-bond acceptors (Lipinski definition) is 3. The lowest BCUT2D eigenvalue weighted by Crippen LogP contribution is -2.21. The Morgan fingerprint density at radius 3 is 2.05 bits per heavy atom. The summed E-state index contributed by atoms with van der Waals surface area (Å²) in [6.45, 7) is 11.1. The number of carbonyl (C=O) groups is 2. The van der Waals surface area contributed by atoms with Gasteiger partial charge in [0.15, 0.2) is 0 Å². The molecule has 1 N–H and O–H groups in total. The number of allylic oxidation sites excluding steroid dienone is 1. The summed E-state index contributed by atoms with van der Waals surface area (Å²) in [5.41, 5.74) is 0.423. The van der Waals surface area contributed by atoms with Crippen molar-refractivity contribution in [2.75, 3.05) is 6.61 Å². The van der Waals surface area contributed by atoms with E-state index in [4.69, 9.17) is 4.74 Å². The summed E-state index contributed by atoms with van der Waals surface area (Å²) in [5.74, 6) is -1.96.